The Hall–Kier alpha value is -0.950. The van der Waals surface area contributed by atoms with Crippen molar-refractivity contribution < 1.29 is 17.9 Å². The van der Waals surface area contributed by atoms with E-state index < -0.39 is 10.0 Å². The maximum absolute atomic E-state index is 12.4. The van der Waals surface area contributed by atoms with Crippen molar-refractivity contribution in [3.8, 4) is 0 Å². The smallest absolute Gasteiger partial charge is 0.240 e. The van der Waals surface area contributed by atoms with Crippen molar-refractivity contribution in [1.29, 1.82) is 0 Å². The number of nitrogens with one attached hydrogen (secondary N) is 1. The third-order valence-electron chi connectivity index (χ3n) is 3.66. The molecule has 1 N–H and O–H groups in total. The summed E-state index contributed by atoms with van der Waals surface area (Å²) in [5.74, 6) is 0. The first-order valence-electron chi connectivity index (χ1n) is 7.81. The number of rotatable bonds is 10. The number of ether oxygens (including phenoxy) is 2. The van der Waals surface area contributed by atoms with Crippen LogP contribution in [0.3, 0.4) is 0 Å². The van der Waals surface area contributed by atoms with Gasteiger partial charge in [0.15, 0.2) is 0 Å². The van der Waals surface area contributed by atoms with Crippen LogP contribution in [-0.2, 0) is 19.5 Å². The number of unbranched alkanes of at least 4 members (excludes halogenated alkanes) is 1. The van der Waals surface area contributed by atoms with Gasteiger partial charge < -0.3 is 9.47 Å². The van der Waals surface area contributed by atoms with E-state index in [1.807, 2.05) is 6.92 Å². The summed E-state index contributed by atoms with van der Waals surface area (Å²) in [6.45, 7) is 5.91. The molecule has 0 aromatic heterocycles. The molecule has 0 radical (unpaired) electrons. The molecule has 6 heteroatoms. The van der Waals surface area contributed by atoms with E-state index in [2.05, 4.69) is 11.6 Å². The minimum Gasteiger partial charge on any atom is -0.381 e. The summed E-state index contributed by atoms with van der Waals surface area (Å²) < 4.78 is 38.4. The first kappa shape index (κ1) is 17.4. The lowest BCUT2D eigenvalue weighted by atomic mass is 10.2. The zero-order chi connectivity index (χ0) is 16.0. The third-order valence-corrected chi connectivity index (χ3v) is 5.17. The Morgan fingerprint density at radius 1 is 1.32 bits per heavy atom. The lowest BCUT2D eigenvalue weighted by molar-refractivity contribution is 0.120. The fraction of sp³-hybridized carbons (Fsp3) is 0.625. The van der Waals surface area contributed by atoms with E-state index in [-0.39, 0.29) is 17.0 Å². The summed E-state index contributed by atoms with van der Waals surface area (Å²) in [6, 6.07) is 6.62. The van der Waals surface area contributed by atoms with Crippen molar-refractivity contribution in [3.63, 3.8) is 0 Å². The van der Waals surface area contributed by atoms with Crippen LogP contribution in [-0.4, -0.2) is 40.4 Å². The zero-order valence-electron chi connectivity index (χ0n) is 13.2. The Balaban J connectivity index is 1.90. The van der Waals surface area contributed by atoms with E-state index in [1.54, 1.807) is 24.3 Å². The quantitative estimate of drug-likeness (QED) is 0.529. The molecule has 124 valence electrons. The molecular weight excluding hydrogens is 302 g/mol. The Morgan fingerprint density at radius 3 is 2.59 bits per heavy atom. The van der Waals surface area contributed by atoms with Crippen molar-refractivity contribution in [1.82, 2.24) is 4.72 Å². The minimum absolute atomic E-state index is 0.0324. The monoisotopic (exact) mass is 327 g/mol. The van der Waals surface area contributed by atoms with E-state index >= 15 is 0 Å². The molecule has 5 nitrogen and oxygen atoms in total. The molecule has 1 aromatic rings. The van der Waals surface area contributed by atoms with E-state index in [1.165, 1.54) is 0 Å². The molecule has 0 unspecified atom stereocenters. The summed E-state index contributed by atoms with van der Waals surface area (Å²) in [5, 5.41) is 0. The number of hydrogen-bond donors (Lipinski definition) is 1. The molecule has 0 bridgehead atoms. The van der Waals surface area contributed by atoms with Crippen LogP contribution in [0.5, 0.6) is 0 Å². The highest BCUT2D eigenvalue weighted by molar-refractivity contribution is 7.89. The minimum atomic E-state index is -3.51. The van der Waals surface area contributed by atoms with Crippen LogP contribution >= 0.6 is 0 Å². The van der Waals surface area contributed by atoms with Gasteiger partial charge in [0.05, 0.1) is 23.6 Å². The molecule has 0 saturated carbocycles. The van der Waals surface area contributed by atoms with Gasteiger partial charge in [0.1, 0.15) is 0 Å². The van der Waals surface area contributed by atoms with E-state index in [9.17, 15) is 8.42 Å². The van der Waals surface area contributed by atoms with Gasteiger partial charge in [0, 0.05) is 13.2 Å². The van der Waals surface area contributed by atoms with Crippen LogP contribution in [0.25, 0.3) is 0 Å². The average Bonchev–Trinajstić information content (AvgIpc) is 3.31. The Labute approximate surface area is 133 Å². The van der Waals surface area contributed by atoms with Crippen LogP contribution in [0.4, 0.5) is 0 Å². The summed E-state index contributed by atoms with van der Waals surface area (Å²) in [4.78, 5) is 0.288. The molecule has 2 atom stereocenters. The van der Waals surface area contributed by atoms with Crippen molar-refractivity contribution in [3.05, 3.63) is 29.8 Å². The standard InChI is InChI=1S/C16H25NO4S/c1-3-4-10-20-11-9-15(16-12-21-16)17-22(18,19)14-7-5-13(2)6-8-14/h5-8,15-17H,3-4,9-12H2,1-2H3/t15-,16-/m1/s1. The summed E-state index contributed by atoms with van der Waals surface area (Å²) >= 11 is 0. The van der Waals surface area contributed by atoms with E-state index in [0.29, 0.717) is 19.6 Å². The highest BCUT2D eigenvalue weighted by Gasteiger charge is 2.35. The Bertz CT molecular complexity index is 552. The van der Waals surface area contributed by atoms with Gasteiger partial charge in [-0.05, 0) is 31.9 Å². The molecule has 1 saturated heterocycles. The zero-order valence-corrected chi connectivity index (χ0v) is 14.1. The average molecular weight is 327 g/mol. The number of epoxide rings is 1. The maximum atomic E-state index is 12.4. The highest BCUT2D eigenvalue weighted by Crippen LogP contribution is 2.20. The summed E-state index contributed by atoms with van der Waals surface area (Å²) in [7, 11) is -3.51. The molecule has 0 amide bonds. The summed E-state index contributed by atoms with van der Waals surface area (Å²) in [5.41, 5.74) is 1.03. The molecule has 1 heterocycles. The van der Waals surface area contributed by atoms with Crippen molar-refractivity contribution in [2.75, 3.05) is 19.8 Å². The Morgan fingerprint density at radius 2 is 2.00 bits per heavy atom. The highest BCUT2D eigenvalue weighted by atomic mass is 32.2. The fourth-order valence-corrected chi connectivity index (χ4v) is 3.45. The lowest BCUT2D eigenvalue weighted by Gasteiger charge is -2.17. The molecule has 22 heavy (non-hydrogen) atoms. The van der Waals surface area contributed by atoms with Crippen molar-refractivity contribution in [2.45, 2.75) is 50.2 Å². The number of sulfonamides is 1. The maximum Gasteiger partial charge on any atom is 0.240 e. The third kappa shape index (κ3) is 5.35. The van der Waals surface area contributed by atoms with Gasteiger partial charge >= 0.3 is 0 Å². The first-order valence-corrected chi connectivity index (χ1v) is 9.29. The van der Waals surface area contributed by atoms with E-state index in [4.69, 9.17) is 9.47 Å². The van der Waals surface area contributed by atoms with Gasteiger partial charge in [0.2, 0.25) is 10.0 Å². The predicted molar refractivity (Wildman–Crippen MR) is 85.4 cm³/mol. The second-order valence-corrected chi connectivity index (χ2v) is 7.38. The molecule has 2 rings (SSSR count). The van der Waals surface area contributed by atoms with Crippen LogP contribution < -0.4 is 4.72 Å². The molecule has 0 spiro atoms. The van der Waals surface area contributed by atoms with Crippen LogP contribution in [0.15, 0.2) is 29.2 Å². The normalized spacial score (nSPS) is 19.1. The molecule has 1 fully saturated rings. The first-order chi connectivity index (χ1) is 10.5. The van der Waals surface area contributed by atoms with Crippen molar-refractivity contribution in [2.24, 2.45) is 0 Å². The topological polar surface area (TPSA) is 67.9 Å². The van der Waals surface area contributed by atoms with Crippen LogP contribution in [0.1, 0.15) is 31.7 Å². The molecule has 1 aromatic carbocycles. The SMILES string of the molecule is CCCCOCC[C@@H](NS(=O)(=O)c1ccc(C)cc1)[C@H]1CO1. The van der Waals surface area contributed by atoms with E-state index in [0.717, 1.165) is 25.0 Å². The van der Waals surface area contributed by atoms with Gasteiger partial charge in [-0.25, -0.2) is 13.1 Å². The fourth-order valence-electron chi connectivity index (χ4n) is 2.15. The van der Waals surface area contributed by atoms with Crippen LogP contribution in [0.2, 0.25) is 0 Å². The second-order valence-electron chi connectivity index (χ2n) is 5.67. The van der Waals surface area contributed by atoms with Gasteiger partial charge in [-0.1, -0.05) is 31.0 Å². The molecular formula is C16H25NO4S. The largest absolute Gasteiger partial charge is 0.381 e. The lowest BCUT2D eigenvalue weighted by Crippen LogP contribution is -2.39. The Kier molecular flexibility index (Phi) is 6.37. The number of hydrogen-bond acceptors (Lipinski definition) is 4. The summed E-state index contributed by atoms with van der Waals surface area (Å²) in [6.07, 6.45) is 2.71. The number of aryl methyl sites for hydroxylation is 1. The van der Waals surface area contributed by atoms with Crippen molar-refractivity contribution >= 4 is 10.0 Å². The van der Waals surface area contributed by atoms with Gasteiger partial charge in [-0.2, -0.15) is 0 Å². The second kappa shape index (κ2) is 8.06. The van der Waals surface area contributed by atoms with Gasteiger partial charge in [-0.15, -0.1) is 0 Å². The number of benzene rings is 1. The van der Waals surface area contributed by atoms with Gasteiger partial charge in [0.25, 0.3) is 0 Å². The molecule has 1 aliphatic heterocycles. The van der Waals surface area contributed by atoms with Crippen LogP contribution in [0, 0.1) is 6.92 Å². The predicted octanol–water partition coefficient (Wildman–Crippen LogP) is 2.25. The van der Waals surface area contributed by atoms with Gasteiger partial charge in [-0.3, -0.25) is 0 Å². The molecule has 1 aliphatic rings. The molecule has 0 aliphatic carbocycles.